The highest BCUT2D eigenvalue weighted by atomic mass is 16.3. The number of likely N-dealkylation sites (N-methyl/N-ethyl adjacent to an activating group) is 1. The SMILES string of the molecule is CCN(CCO)Cc1nncn1C. The monoisotopic (exact) mass is 184 g/mol. The maximum absolute atomic E-state index is 8.78. The molecule has 0 spiro atoms. The van der Waals surface area contributed by atoms with Gasteiger partial charge >= 0.3 is 0 Å². The summed E-state index contributed by atoms with van der Waals surface area (Å²) in [6.07, 6.45) is 1.68. The van der Waals surface area contributed by atoms with E-state index in [1.807, 2.05) is 11.6 Å². The Bertz CT molecular complexity index is 248. The summed E-state index contributed by atoms with van der Waals surface area (Å²) >= 11 is 0. The van der Waals surface area contributed by atoms with E-state index in [1.54, 1.807) is 6.33 Å². The molecule has 0 aliphatic carbocycles. The molecule has 0 saturated carbocycles. The highest BCUT2D eigenvalue weighted by Gasteiger charge is 2.06. The van der Waals surface area contributed by atoms with Crippen LogP contribution in [0.3, 0.4) is 0 Å². The first-order valence-corrected chi connectivity index (χ1v) is 4.44. The fourth-order valence-corrected chi connectivity index (χ4v) is 1.14. The Morgan fingerprint density at radius 1 is 1.62 bits per heavy atom. The molecular weight excluding hydrogens is 168 g/mol. The van der Waals surface area contributed by atoms with Crippen molar-refractivity contribution in [3.05, 3.63) is 12.2 Å². The van der Waals surface area contributed by atoms with Gasteiger partial charge in [0.1, 0.15) is 12.2 Å². The Labute approximate surface area is 78.0 Å². The molecule has 74 valence electrons. The Kier molecular flexibility index (Phi) is 3.85. The number of rotatable bonds is 5. The first-order chi connectivity index (χ1) is 6.27. The van der Waals surface area contributed by atoms with Gasteiger partial charge in [-0.15, -0.1) is 10.2 Å². The van der Waals surface area contributed by atoms with Gasteiger partial charge in [0.2, 0.25) is 0 Å². The van der Waals surface area contributed by atoms with E-state index in [2.05, 4.69) is 22.0 Å². The lowest BCUT2D eigenvalue weighted by Gasteiger charge is -2.17. The summed E-state index contributed by atoms with van der Waals surface area (Å²) < 4.78 is 1.89. The third-order valence-electron chi connectivity index (χ3n) is 2.03. The van der Waals surface area contributed by atoms with Crippen LogP contribution in [0.15, 0.2) is 6.33 Å². The van der Waals surface area contributed by atoms with Crippen molar-refractivity contribution in [2.75, 3.05) is 19.7 Å². The number of aliphatic hydroxyl groups is 1. The van der Waals surface area contributed by atoms with Crippen molar-refractivity contribution < 1.29 is 5.11 Å². The normalized spacial score (nSPS) is 11.1. The highest BCUT2D eigenvalue weighted by Crippen LogP contribution is 1.98. The number of hydrogen-bond donors (Lipinski definition) is 1. The van der Waals surface area contributed by atoms with Crippen LogP contribution in [0.25, 0.3) is 0 Å². The van der Waals surface area contributed by atoms with E-state index in [9.17, 15) is 0 Å². The maximum atomic E-state index is 8.78. The first kappa shape index (κ1) is 10.1. The van der Waals surface area contributed by atoms with E-state index in [-0.39, 0.29) is 6.61 Å². The van der Waals surface area contributed by atoms with Crippen molar-refractivity contribution in [3.8, 4) is 0 Å². The smallest absolute Gasteiger partial charge is 0.146 e. The minimum atomic E-state index is 0.186. The summed E-state index contributed by atoms with van der Waals surface area (Å²) in [7, 11) is 1.92. The van der Waals surface area contributed by atoms with Gasteiger partial charge in [0.05, 0.1) is 13.2 Å². The molecule has 5 heteroatoms. The van der Waals surface area contributed by atoms with Crippen LogP contribution in [0, 0.1) is 0 Å². The van der Waals surface area contributed by atoms with Gasteiger partial charge < -0.3 is 9.67 Å². The average molecular weight is 184 g/mol. The van der Waals surface area contributed by atoms with E-state index >= 15 is 0 Å². The molecule has 0 unspecified atom stereocenters. The molecule has 0 saturated heterocycles. The van der Waals surface area contributed by atoms with Gasteiger partial charge in [0, 0.05) is 13.6 Å². The Morgan fingerprint density at radius 3 is 2.85 bits per heavy atom. The van der Waals surface area contributed by atoms with Crippen LogP contribution in [-0.4, -0.2) is 44.5 Å². The molecule has 1 aromatic heterocycles. The van der Waals surface area contributed by atoms with Crippen LogP contribution < -0.4 is 0 Å². The molecule has 0 amide bonds. The van der Waals surface area contributed by atoms with E-state index in [0.29, 0.717) is 6.54 Å². The molecule has 1 rings (SSSR count). The zero-order valence-electron chi connectivity index (χ0n) is 8.14. The second kappa shape index (κ2) is 4.94. The lowest BCUT2D eigenvalue weighted by atomic mass is 10.4. The average Bonchev–Trinajstić information content (AvgIpc) is 2.51. The van der Waals surface area contributed by atoms with Gasteiger partial charge in [-0.25, -0.2) is 0 Å². The second-order valence-electron chi connectivity index (χ2n) is 2.95. The summed E-state index contributed by atoms with van der Waals surface area (Å²) in [4.78, 5) is 2.12. The fourth-order valence-electron chi connectivity index (χ4n) is 1.14. The molecule has 0 fully saturated rings. The van der Waals surface area contributed by atoms with Gasteiger partial charge in [-0.3, -0.25) is 4.90 Å². The summed E-state index contributed by atoms with van der Waals surface area (Å²) in [5, 5.41) is 16.5. The van der Waals surface area contributed by atoms with Crippen molar-refractivity contribution in [2.45, 2.75) is 13.5 Å². The van der Waals surface area contributed by atoms with Crippen molar-refractivity contribution in [1.82, 2.24) is 19.7 Å². The summed E-state index contributed by atoms with van der Waals surface area (Å²) in [5.74, 6) is 0.926. The zero-order chi connectivity index (χ0) is 9.68. The summed E-state index contributed by atoms with van der Waals surface area (Å²) in [5.41, 5.74) is 0. The predicted molar refractivity (Wildman–Crippen MR) is 49.0 cm³/mol. The molecule has 1 aromatic rings. The molecule has 0 bridgehead atoms. The number of aliphatic hydroxyl groups excluding tert-OH is 1. The van der Waals surface area contributed by atoms with Crippen LogP contribution in [-0.2, 0) is 13.6 Å². The van der Waals surface area contributed by atoms with Crippen LogP contribution in [0.5, 0.6) is 0 Å². The van der Waals surface area contributed by atoms with Gasteiger partial charge in [0.25, 0.3) is 0 Å². The third kappa shape index (κ3) is 2.78. The Morgan fingerprint density at radius 2 is 2.38 bits per heavy atom. The number of hydrogen-bond acceptors (Lipinski definition) is 4. The molecule has 13 heavy (non-hydrogen) atoms. The van der Waals surface area contributed by atoms with E-state index in [1.165, 1.54) is 0 Å². The minimum Gasteiger partial charge on any atom is -0.395 e. The van der Waals surface area contributed by atoms with Crippen LogP contribution in [0.4, 0.5) is 0 Å². The minimum absolute atomic E-state index is 0.186. The quantitative estimate of drug-likeness (QED) is 0.678. The lowest BCUT2D eigenvalue weighted by molar-refractivity contribution is 0.192. The molecule has 0 atom stereocenters. The fraction of sp³-hybridized carbons (Fsp3) is 0.750. The van der Waals surface area contributed by atoms with Gasteiger partial charge in [-0.2, -0.15) is 0 Å². The number of aromatic nitrogens is 3. The number of nitrogens with zero attached hydrogens (tertiary/aromatic N) is 4. The Hall–Kier alpha value is -0.940. The van der Waals surface area contributed by atoms with E-state index in [4.69, 9.17) is 5.11 Å². The summed E-state index contributed by atoms with van der Waals surface area (Å²) in [6, 6.07) is 0. The molecular formula is C8H16N4O. The van der Waals surface area contributed by atoms with Crippen molar-refractivity contribution in [2.24, 2.45) is 7.05 Å². The van der Waals surface area contributed by atoms with Crippen LogP contribution in [0.2, 0.25) is 0 Å². The second-order valence-corrected chi connectivity index (χ2v) is 2.95. The van der Waals surface area contributed by atoms with Gasteiger partial charge in [0.15, 0.2) is 0 Å². The predicted octanol–water partition coefficient (Wildman–Crippen LogP) is -0.371. The van der Waals surface area contributed by atoms with Crippen molar-refractivity contribution in [1.29, 1.82) is 0 Å². The number of aryl methyl sites for hydroxylation is 1. The highest BCUT2D eigenvalue weighted by molar-refractivity contribution is 4.83. The molecule has 1 N–H and O–H groups in total. The Balaban J connectivity index is 2.51. The molecule has 0 aliphatic rings. The third-order valence-corrected chi connectivity index (χ3v) is 2.03. The molecule has 5 nitrogen and oxygen atoms in total. The van der Waals surface area contributed by atoms with Gasteiger partial charge in [-0.05, 0) is 6.54 Å². The summed E-state index contributed by atoms with van der Waals surface area (Å²) in [6.45, 7) is 4.59. The van der Waals surface area contributed by atoms with Crippen LogP contribution in [0.1, 0.15) is 12.7 Å². The zero-order valence-corrected chi connectivity index (χ0v) is 8.14. The molecule has 0 aromatic carbocycles. The first-order valence-electron chi connectivity index (χ1n) is 4.44. The lowest BCUT2D eigenvalue weighted by Crippen LogP contribution is -2.27. The maximum Gasteiger partial charge on any atom is 0.146 e. The largest absolute Gasteiger partial charge is 0.395 e. The van der Waals surface area contributed by atoms with Crippen LogP contribution >= 0.6 is 0 Å². The van der Waals surface area contributed by atoms with E-state index in [0.717, 1.165) is 18.9 Å². The van der Waals surface area contributed by atoms with Crippen molar-refractivity contribution in [3.63, 3.8) is 0 Å². The van der Waals surface area contributed by atoms with Crippen molar-refractivity contribution >= 4 is 0 Å². The molecule has 0 radical (unpaired) electrons. The molecule has 1 heterocycles. The van der Waals surface area contributed by atoms with Gasteiger partial charge in [-0.1, -0.05) is 6.92 Å². The van der Waals surface area contributed by atoms with E-state index < -0.39 is 0 Å². The topological polar surface area (TPSA) is 54.2 Å². The standard InChI is InChI=1S/C8H16N4O/c1-3-12(4-5-13)6-8-10-9-7-11(8)2/h7,13H,3-6H2,1-2H3. The molecule has 0 aliphatic heterocycles.